The summed E-state index contributed by atoms with van der Waals surface area (Å²) in [6.45, 7) is 0. The van der Waals surface area contributed by atoms with Crippen LogP contribution in [-0.4, -0.2) is 59.9 Å². The highest BCUT2D eigenvalue weighted by atomic mass is 16.7. The Hall–Kier alpha value is -1.22. The van der Waals surface area contributed by atoms with Crippen molar-refractivity contribution < 1.29 is 29.3 Å². The first-order chi connectivity index (χ1) is 9.38. The SMILES string of the molecule is CNC(=O)C(O)OC1(C(O)(OC2CC2)C(=O)NC)CC1. The fraction of sp³-hybridized carbons (Fsp3) is 0.833. The predicted octanol–water partition coefficient (Wildman–Crippen LogP) is -1.79. The minimum atomic E-state index is -2.20. The van der Waals surface area contributed by atoms with E-state index >= 15 is 0 Å². The zero-order valence-electron chi connectivity index (χ0n) is 11.5. The second-order valence-corrected chi connectivity index (χ2v) is 5.12. The molecule has 0 heterocycles. The van der Waals surface area contributed by atoms with Gasteiger partial charge in [0.25, 0.3) is 17.6 Å². The van der Waals surface area contributed by atoms with E-state index in [4.69, 9.17) is 9.47 Å². The van der Waals surface area contributed by atoms with Gasteiger partial charge in [-0.15, -0.1) is 0 Å². The molecule has 2 aliphatic rings. The van der Waals surface area contributed by atoms with Crippen LogP contribution in [0, 0.1) is 0 Å². The number of carbonyl (C=O) groups is 2. The smallest absolute Gasteiger partial charge is 0.283 e. The number of amides is 2. The number of rotatable bonds is 7. The maximum Gasteiger partial charge on any atom is 0.283 e. The van der Waals surface area contributed by atoms with E-state index in [0.717, 1.165) is 12.8 Å². The third-order valence-corrected chi connectivity index (χ3v) is 3.53. The lowest BCUT2D eigenvalue weighted by Crippen LogP contribution is -2.60. The Kier molecular flexibility index (Phi) is 4.01. The van der Waals surface area contributed by atoms with Crippen LogP contribution in [0.4, 0.5) is 0 Å². The van der Waals surface area contributed by atoms with Gasteiger partial charge in [-0.1, -0.05) is 0 Å². The number of aliphatic hydroxyl groups is 2. The van der Waals surface area contributed by atoms with Crippen molar-refractivity contribution in [3.63, 3.8) is 0 Å². The third-order valence-electron chi connectivity index (χ3n) is 3.53. The molecule has 20 heavy (non-hydrogen) atoms. The summed E-state index contributed by atoms with van der Waals surface area (Å²) in [5, 5.41) is 24.8. The van der Waals surface area contributed by atoms with E-state index in [-0.39, 0.29) is 6.10 Å². The van der Waals surface area contributed by atoms with Crippen molar-refractivity contribution in [2.24, 2.45) is 0 Å². The summed E-state index contributed by atoms with van der Waals surface area (Å²) >= 11 is 0. The Morgan fingerprint density at radius 2 is 1.90 bits per heavy atom. The predicted molar refractivity (Wildman–Crippen MR) is 66.2 cm³/mol. The van der Waals surface area contributed by atoms with Gasteiger partial charge in [0.15, 0.2) is 0 Å². The first kappa shape index (κ1) is 15.2. The van der Waals surface area contributed by atoms with Crippen molar-refractivity contribution in [2.75, 3.05) is 14.1 Å². The maximum atomic E-state index is 12.0. The van der Waals surface area contributed by atoms with Gasteiger partial charge in [0.2, 0.25) is 6.29 Å². The van der Waals surface area contributed by atoms with Gasteiger partial charge in [-0.25, -0.2) is 0 Å². The van der Waals surface area contributed by atoms with Crippen LogP contribution < -0.4 is 10.6 Å². The largest absolute Gasteiger partial charge is 0.360 e. The summed E-state index contributed by atoms with van der Waals surface area (Å²) < 4.78 is 10.6. The molecule has 114 valence electrons. The summed E-state index contributed by atoms with van der Waals surface area (Å²) in [4.78, 5) is 23.3. The quantitative estimate of drug-likeness (QED) is 0.411. The highest BCUT2D eigenvalue weighted by Gasteiger charge is 2.68. The van der Waals surface area contributed by atoms with Crippen molar-refractivity contribution in [1.29, 1.82) is 0 Å². The standard InChI is InChI=1S/C12H20N2O6/c1-13-8(15)9(16)20-11(5-6-11)12(18,10(17)14-2)19-7-3-4-7/h7,9,16,18H,3-6H2,1-2H3,(H,13,15)(H,14,17). The molecule has 0 aromatic heterocycles. The van der Waals surface area contributed by atoms with E-state index in [2.05, 4.69) is 10.6 Å². The van der Waals surface area contributed by atoms with Crippen LogP contribution >= 0.6 is 0 Å². The van der Waals surface area contributed by atoms with E-state index < -0.39 is 29.5 Å². The normalized spacial score (nSPS) is 24.4. The Balaban J connectivity index is 2.14. The Morgan fingerprint density at radius 3 is 2.30 bits per heavy atom. The minimum Gasteiger partial charge on any atom is -0.360 e. The van der Waals surface area contributed by atoms with Crippen LogP contribution in [0.2, 0.25) is 0 Å². The lowest BCUT2D eigenvalue weighted by atomic mass is 10.1. The summed E-state index contributed by atoms with van der Waals surface area (Å²) in [5.74, 6) is -3.69. The van der Waals surface area contributed by atoms with Gasteiger partial charge in [0.1, 0.15) is 5.60 Å². The summed E-state index contributed by atoms with van der Waals surface area (Å²) in [6.07, 6.45) is 0.188. The molecule has 2 amide bonds. The lowest BCUT2D eigenvalue weighted by Gasteiger charge is -2.35. The number of hydrogen-bond donors (Lipinski definition) is 4. The number of hydrogen-bond acceptors (Lipinski definition) is 6. The van der Waals surface area contributed by atoms with Crippen molar-refractivity contribution in [3.05, 3.63) is 0 Å². The lowest BCUT2D eigenvalue weighted by molar-refractivity contribution is -0.291. The number of carbonyl (C=O) groups excluding carboxylic acids is 2. The number of likely N-dealkylation sites (N-methyl/N-ethyl adjacent to an activating group) is 2. The molecule has 4 N–H and O–H groups in total. The van der Waals surface area contributed by atoms with Crippen LogP contribution in [0.3, 0.4) is 0 Å². The second kappa shape index (κ2) is 5.28. The zero-order valence-corrected chi connectivity index (χ0v) is 11.5. The van der Waals surface area contributed by atoms with Crippen molar-refractivity contribution in [2.45, 2.75) is 49.5 Å². The zero-order chi connectivity index (χ0) is 15.0. The molecule has 0 saturated heterocycles. The average Bonchev–Trinajstić information content (AvgIpc) is 3.33. The molecule has 0 radical (unpaired) electrons. The van der Waals surface area contributed by atoms with Crippen LogP contribution in [0.15, 0.2) is 0 Å². The molecule has 2 fully saturated rings. The van der Waals surface area contributed by atoms with E-state index in [0.29, 0.717) is 12.8 Å². The molecule has 2 unspecified atom stereocenters. The number of aliphatic hydroxyl groups excluding tert-OH is 1. The molecular formula is C12H20N2O6. The van der Waals surface area contributed by atoms with E-state index in [1.54, 1.807) is 0 Å². The van der Waals surface area contributed by atoms with Crippen LogP contribution in [-0.2, 0) is 19.1 Å². The van der Waals surface area contributed by atoms with Gasteiger partial charge in [-0.2, -0.15) is 0 Å². The van der Waals surface area contributed by atoms with Gasteiger partial charge in [0.05, 0.1) is 6.10 Å². The Bertz CT molecular complexity index is 407. The van der Waals surface area contributed by atoms with Gasteiger partial charge >= 0.3 is 0 Å². The highest BCUT2D eigenvalue weighted by Crippen LogP contribution is 2.51. The van der Waals surface area contributed by atoms with Crippen LogP contribution in [0.1, 0.15) is 25.7 Å². The number of ether oxygens (including phenoxy) is 2. The van der Waals surface area contributed by atoms with Gasteiger partial charge < -0.3 is 30.3 Å². The molecular weight excluding hydrogens is 268 g/mol. The Labute approximate surface area is 116 Å². The van der Waals surface area contributed by atoms with Crippen molar-refractivity contribution >= 4 is 11.8 Å². The Morgan fingerprint density at radius 1 is 1.30 bits per heavy atom. The first-order valence-electron chi connectivity index (χ1n) is 6.58. The molecule has 2 atom stereocenters. The molecule has 0 aromatic rings. The molecule has 0 aromatic carbocycles. The van der Waals surface area contributed by atoms with Gasteiger partial charge in [-0.3, -0.25) is 9.59 Å². The van der Waals surface area contributed by atoms with E-state index in [1.165, 1.54) is 14.1 Å². The third kappa shape index (κ3) is 2.64. The highest BCUT2D eigenvalue weighted by molar-refractivity contribution is 5.85. The monoisotopic (exact) mass is 288 g/mol. The van der Waals surface area contributed by atoms with Crippen molar-refractivity contribution in [3.8, 4) is 0 Å². The van der Waals surface area contributed by atoms with E-state index in [1.807, 2.05) is 0 Å². The van der Waals surface area contributed by atoms with Crippen LogP contribution in [0.5, 0.6) is 0 Å². The maximum absolute atomic E-state index is 12.0. The van der Waals surface area contributed by atoms with Crippen LogP contribution in [0.25, 0.3) is 0 Å². The summed E-state index contributed by atoms with van der Waals surface area (Å²) in [7, 11) is 2.72. The van der Waals surface area contributed by atoms with Crippen molar-refractivity contribution in [1.82, 2.24) is 10.6 Å². The average molecular weight is 288 g/mol. The van der Waals surface area contributed by atoms with Gasteiger partial charge in [-0.05, 0) is 25.7 Å². The molecule has 8 heteroatoms. The first-order valence-corrected chi connectivity index (χ1v) is 6.58. The molecule has 2 rings (SSSR count). The number of nitrogens with one attached hydrogen (secondary N) is 2. The molecule has 0 spiro atoms. The summed E-state index contributed by atoms with van der Waals surface area (Å²) in [6, 6.07) is 0. The molecule has 8 nitrogen and oxygen atoms in total. The minimum absolute atomic E-state index is 0.199. The second-order valence-electron chi connectivity index (χ2n) is 5.12. The molecule has 0 aliphatic heterocycles. The fourth-order valence-corrected chi connectivity index (χ4v) is 2.01. The molecule has 2 saturated carbocycles. The molecule has 2 aliphatic carbocycles. The topological polar surface area (TPSA) is 117 Å². The molecule has 0 bridgehead atoms. The van der Waals surface area contributed by atoms with Gasteiger partial charge in [0, 0.05) is 14.1 Å². The van der Waals surface area contributed by atoms with E-state index in [9.17, 15) is 19.8 Å². The summed E-state index contributed by atoms with van der Waals surface area (Å²) in [5.41, 5.74) is -1.39. The fourth-order valence-electron chi connectivity index (χ4n) is 2.01.